The lowest BCUT2D eigenvalue weighted by Crippen LogP contribution is -2.35. The summed E-state index contributed by atoms with van der Waals surface area (Å²) in [5.41, 5.74) is 2.79. The van der Waals surface area contributed by atoms with Crippen LogP contribution in [0.15, 0.2) is 83.9 Å². The lowest BCUT2D eigenvalue weighted by Gasteiger charge is -2.19. The number of para-hydroxylation sites is 2. The first kappa shape index (κ1) is 22.1. The fourth-order valence-corrected chi connectivity index (χ4v) is 5.57. The molecule has 38 heavy (non-hydrogen) atoms. The molecule has 5 heterocycles. The van der Waals surface area contributed by atoms with Gasteiger partial charge in [-0.1, -0.05) is 30.3 Å². The number of carbonyl (C=O) groups excluding carboxylic acids is 2. The van der Waals surface area contributed by atoms with Gasteiger partial charge in [-0.25, -0.2) is 24.3 Å². The van der Waals surface area contributed by atoms with Gasteiger partial charge in [-0.2, -0.15) is 0 Å². The average molecular weight is 504 g/mol. The van der Waals surface area contributed by atoms with Gasteiger partial charge in [-0.15, -0.1) is 0 Å². The van der Waals surface area contributed by atoms with Gasteiger partial charge in [0.25, 0.3) is 0 Å². The maximum Gasteiger partial charge on any atom is 0.335 e. The van der Waals surface area contributed by atoms with Crippen LogP contribution in [0.1, 0.15) is 16.8 Å². The van der Waals surface area contributed by atoms with Crippen molar-refractivity contribution >= 4 is 34.5 Å². The van der Waals surface area contributed by atoms with Gasteiger partial charge in [-0.3, -0.25) is 14.2 Å². The topological polar surface area (TPSA) is 124 Å². The van der Waals surface area contributed by atoms with E-state index in [1.807, 2.05) is 42.5 Å². The molecule has 1 aromatic carbocycles. The van der Waals surface area contributed by atoms with Gasteiger partial charge < -0.3 is 10.6 Å². The Kier molecular flexibility index (Phi) is 4.77. The van der Waals surface area contributed by atoms with Crippen molar-refractivity contribution in [2.45, 2.75) is 24.8 Å². The number of hydrogen-bond donors (Lipinski definition) is 2. The zero-order valence-electron chi connectivity index (χ0n) is 20.1. The highest BCUT2D eigenvalue weighted by Gasteiger charge is 2.51. The second-order valence-electron chi connectivity index (χ2n) is 9.52. The Labute approximate surface area is 216 Å². The van der Waals surface area contributed by atoms with Crippen LogP contribution in [0.5, 0.6) is 0 Å². The van der Waals surface area contributed by atoms with E-state index in [1.165, 1.54) is 9.13 Å². The molecule has 186 valence electrons. The molecule has 0 saturated heterocycles. The Hall–Kier alpha value is -5.12. The van der Waals surface area contributed by atoms with Crippen LogP contribution in [0.25, 0.3) is 16.9 Å². The number of anilines is 2. The minimum Gasteiger partial charge on any atom is -0.310 e. The van der Waals surface area contributed by atoms with E-state index in [0.29, 0.717) is 41.3 Å². The number of amides is 2. The average Bonchev–Trinajstić information content (AvgIpc) is 3.54. The highest BCUT2D eigenvalue weighted by atomic mass is 16.2. The number of nitrogens with zero attached hydrogens (tertiary/aromatic N) is 5. The number of nitrogens with one attached hydrogen (secondary N) is 2. The standard InChI is InChI=1S/C28H21N7O3/c36-24(16-34-20-7-1-2-8-21(20)35(27(34)38)23-9-3-4-12-29-23)32-22-11-10-17-14-28(15-19(17)31-22)18-6-5-13-30-25(18)33-26(28)37/h1-13H,14-16H2,(H,30,33,37)(H,31,32,36). The summed E-state index contributed by atoms with van der Waals surface area (Å²) in [6.07, 6.45) is 4.23. The predicted octanol–water partition coefficient (Wildman–Crippen LogP) is 2.60. The van der Waals surface area contributed by atoms with E-state index >= 15 is 0 Å². The van der Waals surface area contributed by atoms with Crippen molar-refractivity contribution < 1.29 is 9.59 Å². The summed E-state index contributed by atoms with van der Waals surface area (Å²) in [6, 6.07) is 20.0. The van der Waals surface area contributed by atoms with Gasteiger partial charge in [-0.05, 0) is 48.4 Å². The third-order valence-corrected chi connectivity index (χ3v) is 7.30. The minimum absolute atomic E-state index is 0.0848. The van der Waals surface area contributed by atoms with Crippen molar-refractivity contribution in [1.82, 2.24) is 24.1 Å². The second-order valence-corrected chi connectivity index (χ2v) is 9.52. The first-order valence-corrected chi connectivity index (χ1v) is 12.2. The van der Waals surface area contributed by atoms with E-state index in [4.69, 9.17) is 0 Å². The molecule has 0 saturated carbocycles. The summed E-state index contributed by atoms with van der Waals surface area (Å²) in [5.74, 6) is 0.976. The number of rotatable bonds is 4. The Balaban J connectivity index is 1.16. The van der Waals surface area contributed by atoms with Crippen LogP contribution in [-0.2, 0) is 34.4 Å². The Morgan fingerprint density at radius 3 is 2.58 bits per heavy atom. The molecule has 5 aromatic rings. The molecule has 1 aliphatic heterocycles. The smallest absolute Gasteiger partial charge is 0.310 e. The van der Waals surface area contributed by atoms with E-state index in [-0.39, 0.29) is 24.0 Å². The summed E-state index contributed by atoms with van der Waals surface area (Å²) in [4.78, 5) is 52.6. The maximum atomic E-state index is 13.4. The van der Waals surface area contributed by atoms with Crippen molar-refractivity contribution in [3.8, 4) is 5.82 Å². The molecule has 1 spiro atoms. The van der Waals surface area contributed by atoms with E-state index < -0.39 is 5.41 Å². The monoisotopic (exact) mass is 503 g/mol. The number of aromatic nitrogens is 5. The molecular formula is C28H21N7O3. The molecular weight excluding hydrogens is 482 g/mol. The van der Waals surface area contributed by atoms with E-state index in [0.717, 1.165) is 16.8 Å². The second kappa shape index (κ2) is 8.20. The maximum absolute atomic E-state index is 13.4. The molecule has 4 aromatic heterocycles. The van der Waals surface area contributed by atoms with Crippen molar-refractivity contribution in [1.29, 1.82) is 0 Å². The first-order valence-electron chi connectivity index (χ1n) is 12.2. The van der Waals surface area contributed by atoms with Crippen LogP contribution < -0.4 is 16.3 Å². The first-order chi connectivity index (χ1) is 18.5. The molecule has 10 nitrogen and oxygen atoms in total. The largest absolute Gasteiger partial charge is 0.335 e. The number of imidazole rings is 1. The Bertz CT molecular complexity index is 1830. The molecule has 10 heteroatoms. The fraction of sp³-hybridized carbons (Fsp3) is 0.143. The Morgan fingerprint density at radius 1 is 0.921 bits per heavy atom. The van der Waals surface area contributed by atoms with Crippen LogP contribution in [0.3, 0.4) is 0 Å². The summed E-state index contributed by atoms with van der Waals surface area (Å²) in [7, 11) is 0. The molecule has 0 radical (unpaired) electrons. The minimum atomic E-state index is -0.734. The zero-order valence-corrected chi connectivity index (χ0v) is 20.1. The summed E-state index contributed by atoms with van der Waals surface area (Å²) in [5, 5.41) is 5.71. The van der Waals surface area contributed by atoms with Crippen LogP contribution >= 0.6 is 0 Å². The van der Waals surface area contributed by atoms with Gasteiger partial charge in [0.2, 0.25) is 11.8 Å². The van der Waals surface area contributed by atoms with Gasteiger partial charge in [0.15, 0.2) is 0 Å². The molecule has 0 bridgehead atoms. The van der Waals surface area contributed by atoms with Crippen LogP contribution in [0.2, 0.25) is 0 Å². The van der Waals surface area contributed by atoms with Crippen molar-refractivity contribution in [3.05, 3.63) is 106 Å². The number of fused-ring (bicyclic) bond motifs is 4. The lowest BCUT2D eigenvalue weighted by molar-refractivity contribution is -0.120. The van der Waals surface area contributed by atoms with Crippen LogP contribution in [0, 0.1) is 0 Å². The zero-order chi connectivity index (χ0) is 25.9. The van der Waals surface area contributed by atoms with Crippen molar-refractivity contribution in [2.75, 3.05) is 10.6 Å². The highest BCUT2D eigenvalue weighted by Crippen LogP contribution is 2.46. The van der Waals surface area contributed by atoms with Crippen molar-refractivity contribution in [2.24, 2.45) is 0 Å². The normalized spacial score (nSPS) is 17.4. The lowest BCUT2D eigenvalue weighted by atomic mass is 9.80. The predicted molar refractivity (Wildman–Crippen MR) is 140 cm³/mol. The number of hydrogen-bond acceptors (Lipinski definition) is 6. The van der Waals surface area contributed by atoms with Crippen LogP contribution in [0.4, 0.5) is 11.6 Å². The molecule has 1 unspecified atom stereocenters. The van der Waals surface area contributed by atoms with Gasteiger partial charge in [0.1, 0.15) is 24.0 Å². The van der Waals surface area contributed by atoms with E-state index in [9.17, 15) is 14.4 Å². The van der Waals surface area contributed by atoms with Crippen molar-refractivity contribution in [3.63, 3.8) is 0 Å². The third-order valence-electron chi connectivity index (χ3n) is 7.30. The SMILES string of the molecule is O=C(Cn1c(=O)n(-c2ccccn2)c2ccccc21)Nc1ccc2c(n1)CC1(C2)C(=O)Nc2ncccc21. The van der Waals surface area contributed by atoms with Gasteiger partial charge in [0, 0.05) is 30.1 Å². The van der Waals surface area contributed by atoms with Gasteiger partial charge in [0.05, 0.1) is 16.4 Å². The highest BCUT2D eigenvalue weighted by molar-refractivity contribution is 6.06. The summed E-state index contributed by atoms with van der Waals surface area (Å²) in [6.45, 7) is -0.191. The molecule has 2 N–H and O–H groups in total. The quantitative estimate of drug-likeness (QED) is 0.389. The Morgan fingerprint density at radius 2 is 1.74 bits per heavy atom. The van der Waals surface area contributed by atoms with Gasteiger partial charge >= 0.3 is 5.69 Å². The molecule has 2 amide bonds. The fourth-order valence-electron chi connectivity index (χ4n) is 5.57. The number of benzene rings is 1. The number of carbonyl (C=O) groups is 2. The van der Waals surface area contributed by atoms with Crippen LogP contribution in [-0.4, -0.2) is 35.9 Å². The molecule has 1 aliphatic carbocycles. The third kappa shape index (κ3) is 3.27. The molecule has 1 atom stereocenters. The summed E-state index contributed by atoms with van der Waals surface area (Å²) >= 11 is 0. The van der Waals surface area contributed by atoms with E-state index in [1.54, 1.807) is 36.7 Å². The molecule has 0 fully saturated rings. The molecule has 7 rings (SSSR count). The number of pyridine rings is 3. The van der Waals surface area contributed by atoms with E-state index in [2.05, 4.69) is 25.6 Å². The molecule has 2 aliphatic rings. The summed E-state index contributed by atoms with van der Waals surface area (Å²) < 4.78 is 2.92.